The lowest BCUT2D eigenvalue weighted by molar-refractivity contribution is 0.0922. The van der Waals surface area contributed by atoms with E-state index in [1.807, 2.05) is 0 Å². The molecular formula is C16H29N3O. The van der Waals surface area contributed by atoms with E-state index in [1.165, 1.54) is 5.56 Å². The van der Waals surface area contributed by atoms with Gasteiger partial charge in [0.1, 0.15) is 6.10 Å². The number of nitrogens with zero attached hydrogens (tertiary/aromatic N) is 2. The molecule has 0 radical (unpaired) electrons. The molecule has 0 amide bonds. The highest BCUT2D eigenvalue weighted by Crippen LogP contribution is 2.24. The number of aryl methyl sites for hydroxylation is 2. The molecule has 0 aliphatic rings. The third kappa shape index (κ3) is 4.25. The van der Waals surface area contributed by atoms with Crippen molar-refractivity contribution in [2.24, 2.45) is 0 Å². The van der Waals surface area contributed by atoms with Gasteiger partial charge in [-0.05, 0) is 31.7 Å². The van der Waals surface area contributed by atoms with Crippen LogP contribution in [-0.2, 0) is 4.74 Å². The summed E-state index contributed by atoms with van der Waals surface area (Å²) in [5.74, 6) is 1.21. The summed E-state index contributed by atoms with van der Waals surface area (Å²) in [4.78, 5) is 9.32. The molecule has 1 heterocycles. The predicted molar refractivity (Wildman–Crippen MR) is 83.1 cm³/mol. The van der Waals surface area contributed by atoms with Gasteiger partial charge < -0.3 is 10.1 Å². The SMILES string of the molecule is CCC(OC)c1nc(C)c(C(C)CNC(C)C)c(C)n1. The van der Waals surface area contributed by atoms with Crippen molar-refractivity contribution in [3.8, 4) is 0 Å². The summed E-state index contributed by atoms with van der Waals surface area (Å²) in [7, 11) is 1.71. The van der Waals surface area contributed by atoms with Gasteiger partial charge >= 0.3 is 0 Å². The zero-order valence-corrected chi connectivity index (χ0v) is 13.9. The zero-order valence-electron chi connectivity index (χ0n) is 13.9. The Bertz CT molecular complexity index is 405. The van der Waals surface area contributed by atoms with Gasteiger partial charge in [0.25, 0.3) is 0 Å². The topological polar surface area (TPSA) is 47.0 Å². The Morgan fingerprint density at radius 2 is 1.65 bits per heavy atom. The van der Waals surface area contributed by atoms with E-state index in [4.69, 9.17) is 4.74 Å². The van der Waals surface area contributed by atoms with Gasteiger partial charge in [-0.25, -0.2) is 9.97 Å². The van der Waals surface area contributed by atoms with E-state index >= 15 is 0 Å². The van der Waals surface area contributed by atoms with Gasteiger partial charge in [0.05, 0.1) is 0 Å². The smallest absolute Gasteiger partial charge is 0.157 e. The van der Waals surface area contributed by atoms with Crippen LogP contribution in [0.25, 0.3) is 0 Å². The lowest BCUT2D eigenvalue weighted by Gasteiger charge is -2.21. The maximum Gasteiger partial charge on any atom is 0.157 e. The Hall–Kier alpha value is -1.00. The van der Waals surface area contributed by atoms with Crippen LogP contribution in [0.1, 0.15) is 68.9 Å². The van der Waals surface area contributed by atoms with Crippen LogP contribution in [0, 0.1) is 13.8 Å². The molecule has 1 N–H and O–H groups in total. The molecule has 0 saturated heterocycles. The minimum Gasteiger partial charge on any atom is -0.373 e. The number of aromatic nitrogens is 2. The highest BCUT2D eigenvalue weighted by Gasteiger charge is 2.18. The zero-order chi connectivity index (χ0) is 15.3. The van der Waals surface area contributed by atoms with Crippen LogP contribution >= 0.6 is 0 Å². The molecule has 1 aromatic heterocycles. The minimum absolute atomic E-state index is 0.00875. The van der Waals surface area contributed by atoms with Gasteiger partial charge in [0, 0.05) is 31.1 Å². The van der Waals surface area contributed by atoms with Crippen molar-refractivity contribution in [2.45, 2.75) is 66.0 Å². The Morgan fingerprint density at radius 3 is 2.05 bits per heavy atom. The molecule has 0 saturated carbocycles. The average Bonchev–Trinajstić information content (AvgIpc) is 2.37. The van der Waals surface area contributed by atoms with Crippen LogP contribution in [0.4, 0.5) is 0 Å². The number of nitrogens with one attached hydrogen (secondary N) is 1. The van der Waals surface area contributed by atoms with Crippen LogP contribution in [-0.4, -0.2) is 29.7 Å². The second-order valence-corrected chi connectivity index (χ2v) is 5.76. The third-order valence-electron chi connectivity index (χ3n) is 3.61. The molecule has 2 atom stereocenters. The highest BCUT2D eigenvalue weighted by atomic mass is 16.5. The number of methoxy groups -OCH3 is 1. The lowest BCUT2D eigenvalue weighted by atomic mass is 9.97. The summed E-state index contributed by atoms with van der Waals surface area (Å²) in [6.45, 7) is 13.7. The Labute approximate surface area is 123 Å². The number of hydrogen-bond donors (Lipinski definition) is 1. The molecular weight excluding hydrogens is 250 g/mol. The van der Waals surface area contributed by atoms with Crippen LogP contribution in [0.2, 0.25) is 0 Å². The van der Waals surface area contributed by atoms with Crippen molar-refractivity contribution in [3.05, 3.63) is 22.8 Å². The van der Waals surface area contributed by atoms with Crippen molar-refractivity contribution >= 4 is 0 Å². The van der Waals surface area contributed by atoms with Gasteiger partial charge in [-0.3, -0.25) is 0 Å². The first-order chi connectivity index (χ1) is 9.40. The number of ether oxygens (including phenoxy) is 1. The molecule has 4 nitrogen and oxygen atoms in total. The molecule has 114 valence electrons. The fourth-order valence-electron chi connectivity index (χ4n) is 2.58. The average molecular weight is 279 g/mol. The Kier molecular flexibility index (Phi) is 6.56. The molecule has 1 rings (SSSR count). The first-order valence-corrected chi connectivity index (χ1v) is 7.51. The second kappa shape index (κ2) is 7.70. The van der Waals surface area contributed by atoms with Crippen LogP contribution in [0.15, 0.2) is 0 Å². The molecule has 0 aliphatic heterocycles. The van der Waals surface area contributed by atoms with Crippen LogP contribution in [0.3, 0.4) is 0 Å². The van der Waals surface area contributed by atoms with E-state index in [1.54, 1.807) is 7.11 Å². The maximum atomic E-state index is 5.44. The van der Waals surface area contributed by atoms with E-state index in [2.05, 4.69) is 56.8 Å². The fraction of sp³-hybridized carbons (Fsp3) is 0.750. The van der Waals surface area contributed by atoms with E-state index in [0.717, 1.165) is 30.2 Å². The van der Waals surface area contributed by atoms with Crippen molar-refractivity contribution in [1.82, 2.24) is 15.3 Å². The van der Waals surface area contributed by atoms with Gasteiger partial charge in [0.15, 0.2) is 5.82 Å². The quantitative estimate of drug-likeness (QED) is 0.832. The summed E-state index contributed by atoms with van der Waals surface area (Å²) in [6, 6.07) is 0.496. The molecule has 20 heavy (non-hydrogen) atoms. The Morgan fingerprint density at radius 1 is 1.10 bits per heavy atom. The highest BCUT2D eigenvalue weighted by molar-refractivity contribution is 5.28. The summed E-state index contributed by atoms with van der Waals surface area (Å²) in [6.07, 6.45) is 0.879. The fourth-order valence-corrected chi connectivity index (χ4v) is 2.58. The van der Waals surface area contributed by atoms with Crippen LogP contribution < -0.4 is 5.32 Å². The number of hydrogen-bond acceptors (Lipinski definition) is 4. The van der Waals surface area contributed by atoms with Crippen molar-refractivity contribution in [3.63, 3.8) is 0 Å². The minimum atomic E-state index is -0.00875. The van der Waals surface area contributed by atoms with Gasteiger partial charge in [0.2, 0.25) is 0 Å². The lowest BCUT2D eigenvalue weighted by Crippen LogP contribution is -2.28. The first kappa shape index (κ1) is 17.1. The summed E-state index contributed by atoms with van der Waals surface area (Å²) >= 11 is 0. The largest absolute Gasteiger partial charge is 0.373 e. The molecule has 0 bridgehead atoms. The van der Waals surface area contributed by atoms with Crippen molar-refractivity contribution in [2.75, 3.05) is 13.7 Å². The van der Waals surface area contributed by atoms with Gasteiger partial charge in [-0.2, -0.15) is 0 Å². The third-order valence-corrected chi connectivity index (χ3v) is 3.61. The maximum absolute atomic E-state index is 5.44. The van der Waals surface area contributed by atoms with E-state index in [9.17, 15) is 0 Å². The standard InChI is InChI=1S/C16H29N3O/c1-8-14(20-7)16-18-12(5)15(13(6)19-16)11(4)9-17-10(2)3/h10-11,14,17H,8-9H2,1-7H3. The first-order valence-electron chi connectivity index (χ1n) is 7.51. The predicted octanol–water partition coefficient (Wildman–Crippen LogP) is 3.29. The summed E-state index contributed by atoms with van der Waals surface area (Å²) in [5.41, 5.74) is 3.40. The summed E-state index contributed by atoms with van der Waals surface area (Å²) in [5, 5.41) is 3.48. The normalized spacial score (nSPS) is 14.6. The van der Waals surface area contributed by atoms with Gasteiger partial charge in [-0.1, -0.05) is 27.7 Å². The molecule has 2 unspecified atom stereocenters. The monoisotopic (exact) mass is 279 g/mol. The molecule has 0 fully saturated rings. The second-order valence-electron chi connectivity index (χ2n) is 5.76. The van der Waals surface area contributed by atoms with E-state index in [-0.39, 0.29) is 6.10 Å². The Balaban J connectivity index is 2.99. The van der Waals surface area contributed by atoms with Crippen molar-refractivity contribution < 1.29 is 4.74 Å². The van der Waals surface area contributed by atoms with Crippen molar-refractivity contribution in [1.29, 1.82) is 0 Å². The molecule has 4 heteroatoms. The van der Waals surface area contributed by atoms with E-state index < -0.39 is 0 Å². The van der Waals surface area contributed by atoms with Crippen LogP contribution in [0.5, 0.6) is 0 Å². The molecule has 1 aromatic rings. The number of rotatable bonds is 7. The molecule has 0 aliphatic carbocycles. The molecule has 0 aromatic carbocycles. The van der Waals surface area contributed by atoms with Gasteiger partial charge in [-0.15, -0.1) is 0 Å². The summed E-state index contributed by atoms with van der Waals surface area (Å²) < 4.78 is 5.44. The van der Waals surface area contributed by atoms with E-state index in [0.29, 0.717) is 12.0 Å². The molecule has 0 spiro atoms.